The van der Waals surface area contributed by atoms with E-state index in [0.29, 0.717) is 25.0 Å². The molecule has 2 spiro atoms. The third kappa shape index (κ3) is 3.76. The number of rotatable bonds is 0. The minimum absolute atomic E-state index is 0.00667. The molecule has 5 aliphatic rings. The fourth-order valence-electron chi connectivity index (χ4n) is 6.50. The van der Waals surface area contributed by atoms with Crippen molar-refractivity contribution < 1.29 is 43.2 Å². The molecule has 0 aromatic heterocycles. The summed E-state index contributed by atoms with van der Waals surface area (Å²) in [6.07, 6.45) is 7.09. The summed E-state index contributed by atoms with van der Waals surface area (Å²) in [5.74, 6) is -1.77. The molecule has 7 atom stereocenters. The van der Waals surface area contributed by atoms with Gasteiger partial charge in [0.2, 0.25) is 0 Å². The molecule has 0 aromatic rings. The lowest BCUT2D eigenvalue weighted by atomic mass is 9.51. The van der Waals surface area contributed by atoms with Gasteiger partial charge >= 0.3 is 17.9 Å². The molecule has 2 saturated heterocycles. The van der Waals surface area contributed by atoms with Gasteiger partial charge in [-0.05, 0) is 26.7 Å². The Balaban J connectivity index is 1.57. The highest BCUT2D eigenvalue weighted by Crippen LogP contribution is 2.72. The molecule has 9 nitrogen and oxygen atoms in total. The second-order valence-corrected chi connectivity index (χ2v) is 10.6. The quantitative estimate of drug-likeness (QED) is 0.231. The number of carbonyl (C=O) groups excluding carboxylic acids is 3. The van der Waals surface area contributed by atoms with Crippen LogP contribution in [-0.2, 0) is 38.1 Å². The first-order chi connectivity index (χ1) is 17.1. The third-order valence-electron chi connectivity index (χ3n) is 8.65. The van der Waals surface area contributed by atoms with Gasteiger partial charge in [-0.15, -0.1) is 0 Å². The first-order valence-electron chi connectivity index (χ1n) is 12.3. The van der Waals surface area contributed by atoms with E-state index in [1.165, 1.54) is 30.4 Å². The smallest absolute Gasteiger partial charge is 0.331 e. The second-order valence-electron chi connectivity index (χ2n) is 10.6. The SMILES string of the molecule is CC1=C[C@H]2O[C@@H]3[C@H](O)[C@H]4OC(=O)/C=C/C=C/C(=O)OCC/C(C)=C/C(=O)OC[C@@]2(CC1)[C@]4(C)[C@]31CO1. The fourth-order valence-corrected chi connectivity index (χ4v) is 6.50. The van der Waals surface area contributed by atoms with Crippen molar-refractivity contribution >= 4 is 17.9 Å². The number of cyclic esters (lactones) is 2. The average molecular weight is 501 g/mol. The van der Waals surface area contributed by atoms with Crippen LogP contribution in [0.4, 0.5) is 0 Å². The van der Waals surface area contributed by atoms with Gasteiger partial charge < -0.3 is 28.8 Å². The van der Waals surface area contributed by atoms with Crippen LogP contribution in [0.1, 0.15) is 40.0 Å². The molecule has 9 heteroatoms. The number of epoxide rings is 1. The Morgan fingerprint density at radius 2 is 1.64 bits per heavy atom. The van der Waals surface area contributed by atoms with Crippen LogP contribution in [0.25, 0.3) is 0 Å². The van der Waals surface area contributed by atoms with E-state index in [9.17, 15) is 19.5 Å². The number of aliphatic hydroxyl groups is 1. The molecule has 36 heavy (non-hydrogen) atoms. The van der Waals surface area contributed by atoms with Crippen LogP contribution in [-0.4, -0.2) is 72.9 Å². The van der Waals surface area contributed by atoms with E-state index >= 15 is 0 Å². The predicted octanol–water partition coefficient (Wildman–Crippen LogP) is 2.09. The van der Waals surface area contributed by atoms with Crippen LogP contribution in [0.15, 0.2) is 47.6 Å². The Morgan fingerprint density at radius 1 is 0.917 bits per heavy atom. The Morgan fingerprint density at radius 3 is 2.36 bits per heavy atom. The summed E-state index contributed by atoms with van der Waals surface area (Å²) in [6, 6.07) is 0. The number of aliphatic hydroxyl groups excluding tert-OH is 1. The van der Waals surface area contributed by atoms with Gasteiger partial charge in [0.25, 0.3) is 0 Å². The van der Waals surface area contributed by atoms with Gasteiger partial charge in [-0.3, -0.25) is 0 Å². The van der Waals surface area contributed by atoms with Gasteiger partial charge in [0.05, 0.1) is 24.7 Å². The number of hydrogen-bond acceptors (Lipinski definition) is 9. The minimum atomic E-state index is -1.13. The van der Waals surface area contributed by atoms with E-state index in [1.54, 1.807) is 6.92 Å². The number of ether oxygens (including phenoxy) is 5. The third-order valence-corrected chi connectivity index (χ3v) is 8.65. The number of hydrogen-bond donors (Lipinski definition) is 1. The minimum Gasteiger partial charge on any atom is -0.462 e. The number of carbonyl (C=O) groups is 3. The van der Waals surface area contributed by atoms with Crippen molar-refractivity contribution in [3.63, 3.8) is 0 Å². The molecule has 0 aromatic carbocycles. The summed E-state index contributed by atoms with van der Waals surface area (Å²) in [6.45, 7) is 6.21. The lowest BCUT2D eigenvalue weighted by Gasteiger charge is -2.58. The maximum absolute atomic E-state index is 12.8. The van der Waals surface area contributed by atoms with Gasteiger partial charge in [0, 0.05) is 30.1 Å². The highest BCUT2D eigenvalue weighted by atomic mass is 16.7. The van der Waals surface area contributed by atoms with Crippen LogP contribution in [0, 0.1) is 10.8 Å². The van der Waals surface area contributed by atoms with Gasteiger partial charge in [-0.2, -0.15) is 0 Å². The molecule has 0 unspecified atom stereocenters. The first kappa shape index (κ1) is 24.9. The van der Waals surface area contributed by atoms with Crippen molar-refractivity contribution in [3.8, 4) is 0 Å². The van der Waals surface area contributed by atoms with Crippen LogP contribution in [0.2, 0.25) is 0 Å². The molecule has 1 saturated carbocycles. The normalized spacial score (nSPS) is 46.1. The van der Waals surface area contributed by atoms with Gasteiger partial charge in [0.1, 0.15) is 30.5 Å². The maximum Gasteiger partial charge on any atom is 0.331 e. The summed E-state index contributed by atoms with van der Waals surface area (Å²) in [4.78, 5) is 37.4. The highest BCUT2D eigenvalue weighted by Gasteiger charge is 2.85. The highest BCUT2D eigenvalue weighted by molar-refractivity contribution is 5.85. The van der Waals surface area contributed by atoms with Crippen LogP contribution >= 0.6 is 0 Å². The van der Waals surface area contributed by atoms with Crippen LogP contribution in [0.5, 0.6) is 0 Å². The molecule has 3 heterocycles. The molecule has 2 bridgehead atoms. The Hall–Kier alpha value is -2.75. The second kappa shape index (κ2) is 8.97. The van der Waals surface area contributed by atoms with E-state index < -0.39 is 58.8 Å². The topological polar surface area (TPSA) is 121 Å². The van der Waals surface area contributed by atoms with Crippen LogP contribution in [0.3, 0.4) is 0 Å². The fraction of sp³-hybridized carbons (Fsp3) is 0.593. The summed E-state index contributed by atoms with van der Waals surface area (Å²) in [5.41, 5.74) is -0.668. The molecule has 3 aliphatic heterocycles. The van der Waals surface area contributed by atoms with Crippen molar-refractivity contribution in [2.24, 2.45) is 10.8 Å². The molecular weight excluding hydrogens is 468 g/mol. The standard InChI is InChI=1S/C27H32O9/c1-16-8-10-26-14-33-21(30)13-17(2)9-11-32-19(28)6-4-5-7-20(29)36-23-22(31)24(35-18(26)12-16)27(15-34-27)25(23,26)3/h4-7,12-13,18,22-24,31H,8-11,14-15H2,1-3H3/b6-4+,7-5+,17-13+/t18-,22-,23-,24-,25-,26-,27+/m1/s1. The number of allylic oxidation sites excluding steroid dienone is 3. The number of esters is 3. The average Bonchev–Trinajstić information content (AvgIpc) is 3.61. The van der Waals surface area contributed by atoms with E-state index in [-0.39, 0.29) is 13.2 Å². The molecule has 1 N–H and O–H groups in total. The summed E-state index contributed by atoms with van der Waals surface area (Å²) in [7, 11) is 0. The lowest BCUT2D eigenvalue weighted by Crippen LogP contribution is -2.66. The van der Waals surface area contributed by atoms with Crippen molar-refractivity contribution in [1.29, 1.82) is 0 Å². The summed E-state index contributed by atoms with van der Waals surface area (Å²) in [5, 5.41) is 11.3. The van der Waals surface area contributed by atoms with Crippen molar-refractivity contribution in [3.05, 3.63) is 47.6 Å². The van der Waals surface area contributed by atoms with Crippen LogP contribution < -0.4 is 0 Å². The monoisotopic (exact) mass is 500 g/mol. The summed E-state index contributed by atoms with van der Waals surface area (Å²) < 4.78 is 29.3. The molecule has 194 valence electrons. The Labute approximate surface area is 209 Å². The maximum atomic E-state index is 12.8. The molecular formula is C27H32O9. The van der Waals surface area contributed by atoms with Gasteiger partial charge in [0.15, 0.2) is 0 Å². The van der Waals surface area contributed by atoms with Crippen molar-refractivity contribution in [1.82, 2.24) is 0 Å². The van der Waals surface area contributed by atoms with Gasteiger partial charge in [-0.25, -0.2) is 14.4 Å². The van der Waals surface area contributed by atoms with Crippen molar-refractivity contribution in [2.75, 3.05) is 19.8 Å². The van der Waals surface area contributed by atoms with Gasteiger partial charge in [-0.1, -0.05) is 36.3 Å². The molecule has 3 fully saturated rings. The van der Waals surface area contributed by atoms with E-state index in [4.69, 9.17) is 23.7 Å². The molecule has 5 rings (SSSR count). The first-order valence-corrected chi connectivity index (χ1v) is 12.3. The molecule has 0 amide bonds. The largest absolute Gasteiger partial charge is 0.462 e. The Kier molecular flexibility index (Phi) is 6.21. The zero-order valence-electron chi connectivity index (χ0n) is 20.7. The predicted molar refractivity (Wildman–Crippen MR) is 125 cm³/mol. The van der Waals surface area contributed by atoms with E-state index in [0.717, 1.165) is 12.0 Å². The lowest BCUT2D eigenvalue weighted by molar-refractivity contribution is -0.232. The zero-order chi connectivity index (χ0) is 25.7. The summed E-state index contributed by atoms with van der Waals surface area (Å²) >= 11 is 0. The van der Waals surface area contributed by atoms with E-state index in [2.05, 4.69) is 0 Å². The molecule has 0 radical (unpaired) electrons. The Bertz CT molecular complexity index is 1080. The molecule has 2 aliphatic carbocycles. The van der Waals surface area contributed by atoms with E-state index in [1.807, 2.05) is 19.9 Å². The zero-order valence-corrected chi connectivity index (χ0v) is 20.7. The van der Waals surface area contributed by atoms with Crippen molar-refractivity contribution in [2.45, 2.75) is 70.1 Å².